The highest BCUT2D eigenvalue weighted by molar-refractivity contribution is 5.70. The summed E-state index contributed by atoms with van der Waals surface area (Å²) in [5, 5.41) is 11.1. The Morgan fingerprint density at radius 3 is 2.70 bits per heavy atom. The van der Waals surface area contributed by atoms with Gasteiger partial charge in [-0.2, -0.15) is 9.61 Å². The Labute approximate surface area is 136 Å². The molecule has 0 saturated carbocycles. The Hall–Kier alpha value is -2.40. The zero-order chi connectivity index (χ0) is 16.2. The first-order chi connectivity index (χ1) is 11.2. The molecule has 3 rings (SSSR count). The standard InChI is InChI=1S/C18H23N5/c1-13-7-4-5-8-15(13)16-11-17(20-10-6-9-19-3)23-18(22-16)14(2)12-21-23/h4-5,7-8,11-12,19-20H,6,9-10H2,1-3H3. The number of nitrogens with one attached hydrogen (secondary N) is 2. The van der Waals surface area contributed by atoms with Crippen LogP contribution in [0.4, 0.5) is 5.82 Å². The highest BCUT2D eigenvalue weighted by atomic mass is 15.3. The molecule has 0 saturated heterocycles. The number of aryl methyl sites for hydroxylation is 2. The minimum absolute atomic E-state index is 0.895. The van der Waals surface area contributed by atoms with Crippen LogP contribution in [-0.4, -0.2) is 34.7 Å². The third-order valence-electron chi connectivity index (χ3n) is 3.98. The van der Waals surface area contributed by atoms with Crippen molar-refractivity contribution in [1.82, 2.24) is 19.9 Å². The van der Waals surface area contributed by atoms with Crippen LogP contribution in [-0.2, 0) is 0 Å². The maximum atomic E-state index is 4.82. The Kier molecular flexibility index (Phi) is 4.57. The van der Waals surface area contributed by atoms with Gasteiger partial charge in [-0.3, -0.25) is 0 Å². The van der Waals surface area contributed by atoms with Crippen LogP contribution in [0.2, 0.25) is 0 Å². The predicted molar refractivity (Wildman–Crippen MR) is 94.9 cm³/mol. The van der Waals surface area contributed by atoms with E-state index in [1.807, 2.05) is 24.7 Å². The van der Waals surface area contributed by atoms with Crippen LogP contribution >= 0.6 is 0 Å². The lowest BCUT2D eigenvalue weighted by Gasteiger charge is -2.12. The van der Waals surface area contributed by atoms with Crippen molar-refractivity contribution < 1.29 is 0 Å². The molecule has 0 atom stereocenters. The first-order valence-electron chi connectivity index (χ1n) is 8.00. The Balaban J connectivity index is 2.02. The summed E-state index contributed by atoms with van der Waals surface area (Å²) in [6.45, 7) is 6.04. The number of benzene rings is 1. The summed E-state index contributed by atoms with van der Waals surface area (Å²) in [6.07, 6.45) is 2.92. The smallest absolute Gasteiger partial charge is 0.160 e. The molecule has 0 bridgehead atoms. The van der Waals surface area contributed by atoms with Gasteiger partial charge in [0.05, 0.1) is 11.9 Å². The molecule has 0 fully saturated rings. The fourth-order valence-corrected chi connectivity index (χ4v) is 2.68. The van der Waals surface area contributed by atoms with E-state index in [0.717, 1.165) is 47.8 Å². The van der Waals surface area contributed by atoms with E-state index in [4.69, 9.17) is 4.98 Å². The number of rotatable bonds is 6. The molecular weight excluding hydrogens is 286 g/mol. The lowest BCUT2D eigenvalue weighted by atomic mass is 10.1. The average Bonchev–Trinajstić information content (AvgIpc) is 2.93. The van der Waals surface area contributed by atoms with E-state index in [0.29, 0.717) is 0 Å². The minimum atomic E-state index is 0.895. The van der Waals surface area contributed by atoms with Gasteiger partial charge >= 0.3 is 0 Å². The van der Waals surface area contributed by atoms with Crippen molar-refractivity contribution >= 4 is 11.5 Å². The average molecular weight is 309 g/mol. The molecule has 2 heterocycles. The summed E-state index contributed by atoms with van der Waals surface area (Å²) >= 11 is 0. The van der Waals surface area contributed by atoms with Gasteiger partial charge in [0, 0.05) is 23.7 Å². The second kappa shape index (κ2) is 6.79. The topological polar surface area (TPSA) is 54.2 Å². The Morgan fingerprint density at radius 2 is 1.91 bits per heavy atom. The molecule has 0 radical (unpaired) electrons. The van der Waals surface area contributed by atoms with Crippen molar-refractivity contribution in [2.75, 3.05) is 25.5 Å². The van der Waals surface area contributed by atoms with E-state index in [-0.39, 0.29) is 0 Å². The van der Waals surface area contributed by atoms with Crippen LogP contribution in [0.25, 0.3) is 16.9 Å². The third kappa shape index (κ3) is 3.19. The fraction of sp³-hybridized carbons (Fsp3) is 0.333. The van der Waals surface area contributed by atoms with E-state index in [1.165, 1.54) is 5.56 Å². The molecule has 3 aromatic rings. The van der Waals surface area contributed by atoms with Crippen molar-refractivity contribution in [1.29, 1.82) is 0 Å². The van der Waals surface area contributed by atoms with Crippen LogP contribution in [0.1, 0.15) is 17.5 Å². The highest BCUT2D eigenvalue weighted by Crippen LogP contribution is 2.25. The lowest BCUT2D eigenvalue weighted by Crippen LogP contribution is -2.14. The first-order valence-corrected chi connectivity index (χ1v) is 8.00. The second-order valence-electron chi connectivity index (χ2n) is 5.79. The largest absolute Gasteiger partial charge is 0.370 e. The fourth-order valence-electron chi connectivity index (χ4n) is 2.68. The number of anilines is 1. The highest BCUT2D eigenvalue weighted by Gasteiger charge is 2.11. The number of hydrogen-bond donors (Lipinski definition) is 2. The number of fused-ring (bicyclic) bond motifs is 1. The SMILES string of the molecule is CNCCCNc1cc(-c2ccccc2C)nc2c(C)cnn12. The van der Waals surface area contributed by atoms with Gasteiger partial charge < -0.3 is 10.6 Å². The Bertz CT molecular complexity index is 806. The number of aromatic nitrogens is 3. The molecule has 5 heteroatoms. The summed E-state index contributed by atoms with van der Waals surface area (Å²) in [6, 6.07) is 10.4. The molecule has 23 heavy (non-hydrogen) atoms. The van der Waals surface area contributed by atoms with Crippen molar-refractivity contribution in [3.8, 4) is 11.3 Å². The van der Waals surface area contributed by atoms with Crippen LogP contribution in [0, 0.1) is 13.8 Å². The number of hydrogen-bond acceptors (Lipinski definition) is 4. The molecule has 5 nitrogen and oxygen atoms in total. The van der Waals surface area contributed by atoms with E-state index >= 15 is 0 Å². The second-order valence-corrected chi connectivity index (χ2v) is 5.79. The van der Waals surface area contributed by atoms with Crippen molar-refractivity contribution in [3.63, 3.8) is 0 Å². The molecule has 2 N–H and O–H groups in total. The van der Waals surface area contributed by atoms with Crippen molar-refractivity contribution in [2.24, 2.45) is 0 Å². The predicted octanol–water partition coefficient (Wildman–Crippen LogP) is 3.03. The minimum Gasteiger partial charge on any atom is -0.370 e. The molecule has 0 aliphatic carbocycles. The van der Waals surface area contributed by atoms with Gasteiger partial charge in [-0.1, -0.05) is 24.3 Å². The molecule has 0 amide bonds. The summed E-state index contributed by atoms with van der Waals surface area (Å²) < 4.78 is 1.89. The van der Waals surface area contributed by atoms with Crippen LogP contribution in [0.5, 0.6) is 0 Å². The van der Waals surface area contributed by atoms with Crippen molar-refractivity contribution in [2.45, 2.75) is 20.3 Å². The summed E-state index contributed by atoms with van der Waals surface area (Å²) in [7, 11) is 1.97. The summed E-state index contributed by atoms with van der Waals surface area (Å²) in [5.74, 6) is 0.984. The van der Waals surface area contributed by atoms with Gasteiger partial charge in [0.1, 0.15) is 5.82 Å². The van der Waals surface area contributed by atoms with Crippen LogP contribution < -0.4 is 10.6 Å². The molecule has 0 aliphatic rings. The van der Waals surface area contributed by atoms with E-state index < -0.39 is 0 Å². The molecule has 0 aliphatic heterocycles. The van der Waals surface area contributed by atoms with E-state index in [2.05, 4.69) is 53.0 Å². The summed E-state index contributed by atoms with van der Waals surface area (Å²) in [4.78, 5) is 4.82. The van der Waals surface area contributed by atoms with Gasteiger partial charge in [0.25, 0.3) is 0 Å². The maximum absolute atomic E-state index is 4.82. The maximum Gasteiger partial charge on any atom is 0.160 e. The quantitative estimate of drug-likeness (QED) is 0.687. The zero-order valence-corrected chi connectivity index (χ0v) is 13.9. The van der Waals surface area contributed by atoms with Gasteiger partial charge in [-0.25, -0.2) is 4.98 Å². The van der Waals surface area contributed by atoms with E-state index in [1.54, 1.807) is 0 Å². The van der Waals surface area contributed by atoms with Gasteiger partial charge in [-0.05, 0) is 39.4 Å². The lowest BCUT2D eigenvalue weighted by molar-refractivity contribution is 0.744. The van der Waals surface area contributed by atoms with Gasteiger partial charge in [0.15, 0.2) is 5.65 Å². The van der Waals surface area contributed by atoms with Crippen LogP contribution in [0.15, 0.2) is 36.5 Å². The molecular formula is C18H23N5. The monoisotopic (exact) mass is 309 g/mol. The zero-order valence-electron chi connectivity index (χ0n) is 13.9. The molecule has 0 unspecified atom stereocenters. The third-order valence-corrected chi connectivity index (χ3v) is 3.98. The molecule has 0 spiro atoms. The normalized spacial score (nSPS) is 11.1. The molecule has 1 aromatic carbocycles. The first kappa shape index (κ1) is 15.5. The number of nitrogens with zero attached hydrogens (tertiary/aromatic N) is 3. The van der Waals surface area contributed by atoms with E-state index in [9.17, 15) is 0 Å². The summed E-state index contributed by atoms with van der Waals surface area (Å²) in [5.41, 5.74) is 5.35. The van der Waals surface area contributed by atoms with Gasteiger partial charge in [-0.15, -0.1) is 0 Å². The van der Waals surface area contributed by atoms with Crippen LogP contribution in [0.3, 0.4) is 0 Å². The Morgan fingerprint density at radius 1 is 1.09 bits per heavy atom. The molecule has 2 aromatic heterocycles. The molecule has 120 valence electrons. The van der Waals surface area contributed by atoms with Crippen molar-refractivity contribution in [3.05, 3.63) is 47.7 Å². The van der Waals surface area contributed by atoms with Gasteiger partial charge in [0.2, 0.25) is 0 Å².